The first-order valence-corrected chi connectivity index (χ1v) is 12.4. The molecular weight excluding hydrogens is 530 g/mol. The third kappa shape index (κ3) is 4.40. The van der Waals surface area contributed by atoms with E-state index in [9.17, 15) is 13.6 Å². The summed E-state index contributed by atoms with van der Waals surface area (Å²) in [7, 11) is 1.64. The lowest BCUT2D eigenvalue weighted by molar-refractivity contribution is -0.134. The van der Waals surface area contributed by atoms with Gasteiger partial charge in [-0.05, 0) is 48.4 Å². The van der Waals surface area contributed by atoms with Crippen molar-refractivity contribution < 1.29 is 12.9 Å². The summed E-state index contributed by atoms with van der Waals surface area (Å²) in [6.07, 6.45) is 1.60. The number of imidazole rings is 1. The second kappa shape index (κ2) is 9.06. The number of nitrogens with one attached hydrogen (secondary N) is 1. The third-order valence-electron chi connectivity index (χ3n) is 6.80. The first kappa shape index (κ1) is 21.9. The molecule has 1 unspecified atom stereocenters. The monoisotopic (exact) mass is 557 g/mol. The van der Waals surface area contributed by atoms with Gasteiger partial charge in [0.15, 0.2) is 0 Å². The maximum Gasteiger partial charge on any atom is 0.272 e. The summed E-state index contributed by atoms with van der Waals surface area (Å²) in [5.74, 6) is -2.75. The number of tetrazole rings is 1. The van der Waals surface area contributed by atoms with Crippen molar-refractivity contribution in [1.82, 2.24) is 44.0 Å². The predicted octanol–water partition coefficient (Wildman–Crippen LogP) is 3.36. The molecule has 1 atom stereocenters. The van der Waals surface area contributed by atoms with Crippen LogP contribution < -0.4 is 10.9 Å². The van der Waals surface area contributed by atoms with Gasteiger partial charge < -0.3 is 5.32 Å². The smallest absolute Gasteiger partial charge is 0.272 e. The second-order valence-corrected chi connectivity index (χ2v) is 10.2. The van der Waals surface area contributed by atoms with Crippen LogP contribution in [0.15, 0.2) is 35.4 Å². The van der Waals surface area contributed by atoms with Crippen molar-refractivity contribution in [2.75, 3.05) is 18.4 Å². The number of anilines is 1. The van der Waals surface area contributed by atoms with Crippen LogP contribution in [0.1, 0.15) is 33.9 Å². The molecule has 0 spiro atoms. The molecule has 0 radical (unpaired) electrons. The number of aromatic nitrogens is 8. The average Bonchev–Trinajstić information content (AvgIpc) is 3.55. The van der Waals surface area contributed by atoms with Crippen LogP contribution in [0.4, 0.5) is 14.5 Å². The largest absolute Gasteiger partial charge is 0.377 e. The Kier molecular flexibility index (Phi) is 5.09. The highest BCUT2D eigenvalue weighted by molar-refractivity contribution is 6.29. The van der Waals surface area contributed by atoms with Gasteiger partial charge in [0, 0.05) is 17.7 Å². The van der Waals surface area contributed by atoms with Crippen LogP contribution in [-0.4, -0.2) is 63.1 Å². The number of halogens is 3. The molecule has 0 saturated carbocycles. The minimum absolute atomic E-state index is 0.0375. The third-order valence-corrected chi connectivity index (χ3v) is 7.01. The predicted molar refractivity (Wildman–Crippen MR) is 142 cm³/mol. The molecule has 1 N–H and O–H groups in total. The quantitative estimate of drug-likeness (QED) is 0.316. The zero-order chi connectivity index (χ0) is 30.1. The van der Waals surface area contributed by atoms with Crippen molar-refractivity contribution in [3.8, 4) is 11.5 Å². The van der Waals surface area contributed by atoms with E-state index in [0.29, 0.717) is 32.7 Å². The van der Waals surface area contributed by atoms with Gasteiger partial charge in [0.1, 0.15) is 22.8 Å². The van der Waals surface area contributed by atoms with E-state index in [0.717, 1.165) is 11.1 Å². The molecule has 5 heterocycles. The van der Waals surface area contributed by atoms with Crippen molar-refractivity contribution >= 4 is 33.8 Å². The Morgan fingerprint density at radius 1 is 1.28 bits per heavy atom. The van der Waals surface area contributed by atoms with Crippen LogP contribution in [0.5, 0.6) is 0 Å². The Bertz CT molecular complexity index is 1910. The maximum atomic E-state index is 13.6. The van der Waals surface area contributed by atoms with E-state index in [1.165, 1.54) is 4.57 Å². The van der Waals surface area contributed by atoms with E-state index in [1.54, 1.807) is 40.9 Å². The fourth-order valence-corrected chi connectivity index (χ4v) is 5.28. The van der Waals surface area contributed by atoms with Gasteiger partial charge in [0.05, 0.1) is 48.4 Å². The molecule has 0 amide bonds. The number of benzene rings is 1. The van der Waals surface area contributed by atoms with Crippen molar-refractivity contribution in [3.05, 3.63) is 62.9 Å². The molecule has 1 fully saturated rings. The minimum atomic E-state index is -2.72. The van der Waals surface area contributed by atoms with Gasteiger partial charge in [0.25, 0.3) is 11.5 Å². The van der Waals surface area contributed by atoms with Crippen LogP contribution in [0.25, 0.3) is 28.1 Å². The van der Waals surface area contributed by atoms with Crippen LogP contribution in [-0.2, 0) is 20.6 Å². The highest BCUT2D eigenvalue weighted by atomic mass is 35.5. The van der Waals surface area contributed by atoms with Crippen LogP contribution in [0, 0.1) is 6.92 Å². The molecule has 6 rings (SSSR count). The summed E-state index contributed by atoms with van der Waals surface area (Å²) in [6.45, 7) is 0.626. The molecule has 39 heavy (non-hydrogen) atoms. The molecule has 11 nitrogen and oxygen atoms in total. The normalized spacial score (nSPS) is 17.5. The van der Waals surface area contributed by atoms with Gasteiger partial charge >= 0.3 is 0 Å². The lowest BCUT2D eigenvalue weighted by Gasteiger charge is -2.38. The van der Waals surface area contributed by atoms with Crippen LogP contribution in [0.2, 0.25) is 5.15 Å². The van der Waals surface area contributed by atoms with E-state index in [4.69, 9.17) is 15.7 Å². The number of pyridine rings is 1. The molecular formula is C25H25ClF2N10O. The Hall–Kier alpha value is -3.97. The number of alkyl halides is 2. The van der Waals surface area contributed by atoms with E-state index in [-0.39, 0.29) is 41.9 Å². The number of rotatable bonds is 6. The van der Waals surface area contributed by atoms with Gasteiger partial charge in [-0.1, -0.05) is 17.7 Å². The van der Waals surface area contributed by atoms with Gasteiger partial charge in [0.2, 0.25) is 5.82 Å². The Labute approximate surface area is 230 Å². The van der Waals surface area contributed by atoms with Gasteiger partial charge in [-0.15, -0.1) is 10.2 Å². The van der Waals surface area contributed by atoms with Crippen LogP contribution >= 0.6 is 11.6 Å². The zero-order valence-corrected chi connectivity index (χ0v) is 21.9. The summed E-state index contributed by atoms with van der Waals surface area (Å²) in [5, 5.41) is 15.4. The maximum absolute atomic E-state index is 13.6. The highest BCUT2D eigenvalue weighted by Crippen LogP contribution is 2.33. The molecule has 1 saturated heterocycles. The number of nitrogens with zero attached hydrogens (tertiary/aromatic N) is 9. The van der Waals surface area contributed by atoms with Crippen molar-refractivity contribution in [1.29, 1.82) is 0 Å². The fraction of sp³-hybridized carbons (Fsp3) is 0.360. The number of likely N-dealkylation sites (tertiary alicyclic amines) is 1. The molecule has 0 aliphatic carbocycles. The first-order chi connectivity index (χ1) is 19.7. The standard InChI is InChI=1S/C25H25ClF2N10O/c1-13-7-15(14(2)30-17-5-6-19(26)31-20(17)22-32-34-36(4)33-22)21-16(8-13)24(39)35(3)23-18(29-12-38(21)23)9-37-10-25(27,28)11-37/h5-8,12,14,30H,9-11H2,1-4H3/i4D3. The Morgan fingerprint density at radius 3 is 2.79 bits per heavy atom. The number of hydrogen-bond donors (Lipinski definition) is 1. The molecule has 1 aliphatic heterocycles. The minimum Gasteiger partial charge on any atom is -0.377 e. The number of hydrogen-bond acceptors (Lipinski definition) is 8. The first-order valence-electron chi connectivity index (χ1n) is 13.6. The van der Waals surface area contributed by atoms with E-state index in [1.807, 2.05) is 19.9 Å². The van der Waals surface area contributed by atoms with E-state index >= 15 is 0 Å². The summed E-state index contributed by atoms with van der Waals surface area (Å²) in [5.41, 5.74) is 3.66. The van der Waals surface area contributed by atoms with Crippen molar-refractivity contribution in [2.45, 2.75) is 32.4 Å². The summed E-state index contributed by atoms with van der Waals surface area (Å²) in [4.78, 5) is 24.5. The van der Waals surface area contributed by atoms with Gasteiger partial charge in [-0.3, -0.25) is 18.7 Å². The topological polar surface area (TPSA) is 111 Å². The number of aryl methyl sites for hydroxylation is 3. The Balaban J connectivity index is 1.44. The molecule has 5 aromatic rings. The van der Waals surface area contributed by atoms with E-state index in [2.05, 4.69) is 30.7 Å². The summed E-state index contributed by atoms with van der Waals surface area (Å²) >= 11 is 6.16. The molecule has 1 aromatic carbocycles. The molecule has 202 valence electrons. The summed E-state index contributed by atoms with van der Waals surface area (Å²) < 4.78 is 52.9. The second-order valence-electron chi connectivity index (χ2n) is 9.80. The van der Waals surface area contributed by atoms with Crippen molar-refractivity contribution in [2.24, 2.45) is 14.0 Å². The molecule has 1 aliphatic rings. The Morgan fingerprint density at radius 2 is 2.08 bits per heavy atom. The lowest BCUT2D eigenvalue weighted by atomic mass is 10.0. The van der Waals surface area contributed by atoms with Gasteiger partial charge in [-0.2, -0.15) is 4.80 Å². The van der Waals surface area contributed by atoms with Crippen LogP contribution in [0.3, 0.4) is 0 Å². The molecule has 14 heteroatoms. The molecule has 4 aromatic heterocycles. The average molecular weight is 558 g/mol. The SMILES string of the molecule is [2H]C([2H])([2H])n1nnc(-c2nc(Cl)ccc2NC(C)c2cc(C)cc3c(=O)n(C)c4c(CN5CC(F)(F)C5)ncn4c23)n1. The summed E-state index contributed by atoms with van der Waals surface area (Å²) in [6, 6.07) is 6.55. The highest BCUT2D eigenvalue weighted by Gasteiger charge is 2.44. The zero-order valence-electron chi connectivity index (χ0n) is 24.2. The molecule has 0 bridgehead atoms. The van der Waals surface area contributed by atoms with Gasteiger partial charge in [-0.25, -0.2) is 18.7 Å². The van der Waals surface area contributed by atoms with Crippen molar-refractivity contribution in [3.63, 3.8) is 0 Å². The fourth-order valence-electron chi connectivity index (χ4n) is 5.13. The number of fused-ring (bicyclic) bond motifs is 3. The van der Waals surface area contributed by atoms with E-state index < -0.39 is 18.9 Å². The lowest BCUT2D eigenvalue weighted by Crippen LogP contribution is -2.55.